The van der Waals surface area contributed by atoms with Crippen LogP contribution in [0.4, 0.5) is 5.69 Å². The van der Waals surface area contributed by atoms with E-state index < -0.39 is 4.92 Å². The van der Waals surface area contributed by atoms with E-state index in [0.29, 0.717) is 28.9 Å². The summed E-state index contributed by atoms with van der Waals surface area (Å²) in [6.07, 6.45) is 6.67. The summed E-state index contributed by atoms with van der Waals surface area (Å²) in [6, 6.07) is 7.63. The number of amides is 2. The van der Waals surface area contributed by atoms with E-state index in [1.165, 1.54) is 18.3 Å². The van der Waals surface area contributed by atoms with E-state index in [1.807, 2.05) is 0 Å². The molecule has 0 N–H and O–H groups in total. The van der Waals surface area contributed by atoms with Crippen molar-refractivity contribution < 1.29 is 18.9 Å². The zero-order valence-corrected chi connectivity index (χ0v) is 16.8. The molecule has 0 spiro atoms. The SMILES string of the molecule is O=C1[C@H]2[C@@H]3C=C[C@H]([C@H]4C[C@H]34)[C@@H]2C(=O)N1/N=C/c1ccc(-c2ccc(Cl)c([N+](=O)[O-])c2)o1. The minimum atomic E-state index is -0.562. The Bertz CT molecular complexity index is 1180. The van der Waals surface area contributed by atoms with Gasteiger partial charge in [0.15, 0.2) is 0 Å². The van der Waals surface area contributed by atoms with E-state index in [1.54, 1.807) is 18.2 Å². The molecule has 8 nitrogen and oxygen atoms in total. The van der Waals surface area contributed by atoms with Crippen molar-refractivity contribution in [2.45, 2.75) is 6.42 Å². The monoisotopic (exact) mass is 437 g/mol. The molecule has 1 aromatic carbocycles. The predicted molar refractivity (Wildman–Crippen MR) is 110 cm³/mol. The van der Waals surface area contributed by atoms with Gasteiger partial charge in [0, 0.05) is 11.6 Å². The van der Waals surface area contributed by atoms with Gasteiger partial charge >= 0.3 is 0 Å². The summed E-state index contributed by atoms with van der Waals surface area (Å²) in [4.78, 5) is 36.4. The Hall–Kier alpha value is -3.26. The molecule has 2 aromatic rings. The summed E-state index contributed by atoms with van der Waals surface area (Å²) < 4.78 is 5.70. The van der Waals surface area contributed by atoms with Crippen LogP contribution < -0.4 is 0 Å². The van der Waals surface area contributed by atoms with Crippen molar-refractivity contribution in [1.29, 1.82) is 0 Å². The number of hydrazone groups is 1. The molecule has 4 aliphatic carbocycles. The molecule has 2 amide bonds. The van der Waals surface area contributed by atoms with Crippen molar-refractivity contribution in [2.24, 2.45) is 40.6 Å². The van der Waals surface area contributed by atoms with Gasteiger partial charge in [-0.1, -0.05) is 23.8 Å². The molecule has 1 saturated heterocycles. The molecule has 9 heteroatoms. The molecule has 2 bridgehead atoms. The first-order valence-electron chi connectivity index (χ1n) is 10.1. The van der Waals surface area contributed by atoms with Gasteiger partial charge in [0.1, 0.15) is 16.5 Å². The Morgan fingerprint density at radius 3 is 2.42 bits per heavy atom. The van der Waals surface area contributed by atoms with Crippen LogP contribution in [-0.2, 0) is 9.59 Å². The van der Waals surface area contributed by atoms with Gasteiger partial charge in [0.2, 0.25) is 0 Å². The van der Waals surface area contributed by atoms with E-state index in [-0.39, 0.29) is 46.2 Å². The number of furan rings is 1. The number of halogens is 1. The summed E-state index contributed by atoms with van der Waals surface area (Å²) in [5.41, 5.74) is 0.264. The maximum atomic E-state index is 12.9. The average Bonchev–Trinajstić information content (AvgIpc) is 3.39. The highest BCUT2D eigenvalue weighted by Gasteiger charge is 2.67. The second-order valence-electron chi connectivity index (χ2n) is 8.51. The molecule has 156 valence electrons. The zero-order chi connectivity index (χ0) is 21.4. The van der Waals surface area contributed by atoms with Gasteiger partial charge in [-0.25, -0.2) is 0 Å². The third-order valence-corrected chi connectivity index (χ3v) is 7.31. The highest BCUT2D eigenvalue weighted by Crippen LogP contribution is 2.65. The molecule has 0 unspecified atom stereocenters. The second-order valence-corrected chi connectivity index (χ2v) is 8.92. The van der Waals surface area contributed by atoms with Crippen molar-refractivity contribution in [3.05, 3.63) is 63.4 Å². The molecule has 7 rings (SSSR count). The van der Waals surface area contributed by atoms with Crippen molar-refractivity contribution in [3.63, 3.8) is 0 Å². The maximum absolute atomic E-state index is 12.9. The number of rotatable bonds is 4. The number of nitro groups is 1. The molecule has 0 radical (unpaired) electrons. The van der Waals surface area contributed by atoms with Gasteiger partial charge in [-0.2, -0.15) is 10.1 Å². The molecule has 5 aliphatic rings. The smallest absolute Gasteiger partial charge is 0.288 e. The molecular formula is C22H16ClN3O5. The van der Waals surface area contributed by atoms with Crippen LogP contribution in [0, 0.1) is 45.6 Å². The van der Waals surface area contributed by atoms with Crippen LogP contribution in [0.25, 0.3) is 11.3 Å². The van der Waals surface area contributed by atoms with Crippen LogP contribution >= 0.6 is 11.6 Å². The van der Waals surface area contributed by atoms with Crippen molar-refractivity contribution in [3.8, 4) is 11.3 Å². The Morgan fingerprint density at radius 1 is 1.10 bits per heavy atom. The second kappa shape index (κ2) is 6.37. The normalized spacial score (nSPS) is 32.6. The number of carbonyl (C=O) groups excluding carboxylic acids is 2. The number of hydrogen-bond acceptors (Lipinski definition) is 6. The van der Waals surface area contributed by atoms with Crippen LogP contribution in [-0.4, -0.2) is 28.0 Å². The summed E-state index contributed by atoms with van der Waals surface area (Å²) in [5, 5.41) is 16.3. The third-order valence-electron chi connectivity index (χ3n) is 6.99. The zero-order valence-electron chi connectivity index (χ0n) is 16.1. The van der Waals surface area contributed by atoms with E-state index in [2.05, 4.69) is 17.3 Å². The number of hydrogen-bond donors (Lipinski definition) is 0. The lowest BCUT2D eigenvalue weighted by Gasteiger charge is -2.37. The maximum Gasteiger partial charge on any atom is 0.288 e. The predicted octanol–water partition coefficient (Wildman–Crippen LogP) is 3.90. The summed E-state index contributed by atoms with van der Waals surface area (Å²) >= 11 is 5.85. The fourth-order valence-electron chi connectivity index (χ4n) is 5.55. The van der Waals surface area contributed by atoms with E-state index in [9.17, 15) is 19.7 Å². The van der Waals surface area contributed by atoms with E-state index in [4.69, 9.17) is 16.0 Å². The fraction of sp³-hybridized carbons (Fsp3) is 0.318. The lowest BCUT2D eigenvalue weighted by Crippen LogP contribution is -2.40. The Morgan fingerprint density at radius 2 is 1.77 bits per heavy atom. The van der Waals surface area contributed by atoms with Gasteiger partial charge < -0.3 is 4.42 Å². The largest absolute Gasteiger partial charge is 0.455 e. The molecule has 2 heterocycles. The third kappa shape index (κ3) is 2.64. The highest BCUT2D eigenvalue weighted by atomic mass is 35.5. The first-order chi connectivity index (χ1) is 14.9. The van der Waals surface area contributed by atoms with Crippen LogP contribution in [0.3, 0.4) is 0 Å². The van der Waals surface area contributed by atoms with Gasteiger partial charge in [-0.05, 0) is 54.4 Å². The molecule has 31 heavy (non-hydrogen) atoms. The first kappa shape index (κ1) is 18.5. The molecule has 6 atom stereocenters. The first-order valence-corrected chi connectivity index (χ1v) is 10.5. The minimum absolute atomic E-state index is 0.0377. The lowest BCUT2D eigenvalue weighted by atomic mass is 9.63. The molecule has 2 saturated carbocycles. The van der Waals surface area contributed by atoms with Crippen LogP contribution in [0.5, 0.6) is 0 Å². The van der Waals surface area contributed by atoms with Gasteiger partial charge in [-0.15, -0.1) is 0 Å². The molecule has 3 fully saturated rings. The topological polar surface area (TPSA) is 106 Å². The number of carbonyl (C=O) groups is 2. The number of nitro benzene ring substituents is 1. The Labute approximate surface area is 181 Å². The van der Waals surface area contributed by atoms with Crippen LogP contribution in [0.2, 0.25) is 5.02 Å². The Balaban J connectivity index is 1.24. The van der Waals surface area contributed by atoms with Crippen molar-refractivity contribution >= 4 is 35.3 Å². The van der Waals surface area contributed by atoms with E-state index in [0.717, 1.165) is 11.4 Å². The average molecular weight is 438 g/mol. The molecular weight excluding hydrogens is 422 g/mol. The minimum Gasteiger partial charge on any atom is -0.455 e. The summed E-state index contributed by atoms with van der Waals surface area (Å²) in [5.74, 6) is 0.992. The quantitative estimate of drug-likeness (QED) is 0.237. The van der Waals surface area contributed by atoms with Crippen LogP contribution in [0.15, 0.2) is 52.0 Å². The Kier molecular flexibility index (Phi) is 3.80. The van der Waals surface area contributed by atoms with Gasteiger partial charge in [0.25, 0.3) is 17.5 Å². The molecule has 1 aliphatic heterocycles. The van der Waals surface area contributed by atoms with Gasteiger partial charge in [-0.3, -0.25) is 19.7 Å². The van der Waals surface area contributed by atoms with Crippen LogP contribution in [0.1, 0.15) is 12.2 Å². The van der Waals surface area contributed by atoms with E-state index >= 15 is 0 Å². The highest BCUT2D eigenvalue weighted by molar-refractivity contribution is 6.32. The standard InChI is InChI=1S/C22H16ClN3O5/c23-16-5-1-10(7-17(16)26(29)30)18-6-2-11(31-18)9-24-25-21(27)19-12-3-4-13(15-8-14(12)15)20(19)22(25)28/h1-7,9,12-15,19-20H,8H2/b24-9+/t12-,13-,14-,15-,19+,20+/m1/s1. The molecule has 1 aromatic heterocycles. The number of imide groups is 1. The lowest BCUT2D eigenvalue weighted by molar-refractivity contribution is -0.384. The summed E-state index contributed by atoms with van der Waals surface area (Å²) in [6.45, 7) is 0. The number of benzene rings is 1. The summed E-state index contributed by atoms with van der Waals surface area (Å²) in [7, 11) is 0. The van der Waals surface area contributed by atoms with Crippen molar-refractivity contribution in [1.82, 2.24) is 5.01 Å². The number of allylic oxidation sites excluding steroid dienone is 2. The number of nitrogens with zero attached hydrogens (tertiary/aromatic N) is 3. The van der Waals surface area contributed by atoms with Crippen molar-refractivity contribution in [2.75, 3.05) is 0 Å². The fourth-order valence-corrected chi connectivity index (χ4v) is 5.74. The van der Waals surface area contributed by atoms with Gasteiger partial charge in [0.05, 0.1) is 23.0 Å².